The minimum absolute atomic E-state index is 0.0357. The van der Waals surface area contributed by atoms with E-state index in [4.69, 9.17) is 14.2 Å². The van der Waals surface area contributed by atoms with Gasteiger partial charge in [0, 0.05) is 10.9 Å². The van der Waals surface area contributed by atoms with E-state index in [0.717, 1.165) is 5.39 Å². The molecule has 1 aromatic heterocycles. The van der Waals surface area contributed by atoms with E-state index in [1.165, 1.54) is 0 Å². The van der Waals surface area contributed by atoms with Gasteiger partial charge in [-0.1, -0.05) is 24.3 Å². The fourth-order valence-corrected chi connectivity index (χ4v) is 3.73. The topological polar surface area (TPSA) is 66.8 Å². The first kappa shape index (κ1) is 18.1. The Morgan fingerprint density at radius 3 is 2.79 bits per heavy atom. The summed E-state index contributed by atoms with van der Waals surface area (Å²) in [5, 5.41) is 0.764. The Morgan fingerprint density at radius 2 is 2.04 bits per heavy atom. The van der Waals surface area contributed by atoms with Crippen LogP contribution in [0.1, 0.15) is 30.2 Å². The number of methoxy groups -OCH3 is 1. The fourth-order valence-electron chi connectivity index (χ4n) is 3.73. The van der Waals surface area contributed by atoms with Gasteiger partial charge < -0.3 is 14.2 Å². The molecule has 1 aliphatic heterocycles. The number of carbonyl (C=O) groups is 1. The first-order valence-corrected chi connectivity index (χ1v) is 9.22. The van der Waals surface area contributed by atoms with Gasteiger partial charge in [-0.05, 0) is 37.6 Å². The van der Waals surface area contributed by atoms with Crippen LogP contribution in [0, 0.1) is 0 Å². The van der Waals surface area contributed by atoms with Crippen molar-refractivity contribution in [3.63, 3.8) is 0 Å². The molecule has 0 amide bonds. The second-order valence-corrected chi connectivity index (χ2v) is 6.69. The van der Waals surface area contributed by atoms with Gasteiger partial charge in [0.25, 0.3) is 5.56 Å². The first-order valence-electron chi connectivity index (χ1n) is 9.22. The molecule has 0 N–H and O–H groups in total. The summed E-state index contributed by atoms with van der Waals surface area (Å²) >= 11 is 0. The molecule has 0 fully saturated rings. The molecule has 2 heterocycles. The smallest absolute Gasteiger partial charge is 0.344 e. The Labute approximate surface area is 162 Å². The molecule has 28 heavy (non-hydrogen) atoms. The third-order valence-corrected chi connectivity index (χ3v) is 4.95. The summed E-state index contributed by atoms with van der Waals surface area (Å²) in [6.07, 6.45) is 0. The monoisotopic (exact) mass is 379 g/mol. The summed E-state index contributed by atoms with van der Waals surface area (Å²) in [4.78, 5) is 26.3. The lowest BCUT2D eigenvalue weighted by Gasteiger charge is -2.28. The number of carbonyl (C=O) groups excluding carboxylic acids is 1. The van der Waals surface area contributed by atoms with Crippen molar-refractivity contribution in [1.82, 2.24) is 4.57 Å². The molecule has 0 bridgehead atoms. The number of hydrogen-bond donors (Lipinski definition) is 0. The highest BCUT2D eigenvalue weighted by atomic mass is 16.5. The Morgan fingerprint density at radius 1 is 1.25 bits per heavy atom. The zero-order valence-corrected chi connectivity index (χ0v) is 16.0. The van der Waals surface area contributed by atoms with Crippen molar-refractivity contribution in [2.24, 2.45) is 0 Å². The highest BCUT2D eigenvalue weighted by Gasteiger charge is 2.29. The highest BCUT2D eigenvalue weighted by Crippen LogP contribution is 2.39. The standard InChI is InChI=1S/C22H21NO5/c1-4-27-22(25)19-18(14-7-5-8-15(11-14)26-3)16-9-6-10-17-20(16)23(21(19)24)13(2)12-28-17/h5-11,13H,4,12H2,1-3H3. The number of hydrogen-bond acceptors (Lipinski definition) is 5. The fraction of sp³-hybridized carbons (Fsp3) is 0.273. The van der Waals surface area contributed by atoms with E-state index in [0.29, 0.717) is 34.7 Å². The molecule has 0 radical (unpaired) electrons. The maximum absolute atomic E-state index is 13.5. The van der Waals surface area contributed by atoms with E-state index >= 15 is 0 Å². The summed E-state index contributed by atoms with van der Waals surface area (Å²) in [5.41, 5.74) is 1.60. The molecule has 0 saturated heterocycles. The van der Waals surface area contributed by atoms with Crippen molar-refractivity contribution in [2.45, 2.75) is 19.9 Å². The van der Waals surface area contributed by atoms with Gasteiger partial charge in [-0.2, -0.15) is 0 Å². The van der Waals surface area contributed by atoms with Gasteiger partial charge in [-0.25, -0.2) is 4.79 Å². The van der Waals surface area contributed by atoms with Crippen LogP contribution in [0.25, 0.3) is 22.0 Å². The van der Waals surface area contributed by atoms with Gasteiger partial charge in [-0.3, -0.25) is 9.36 Å². The number of esters is 1. The first-order chi connectivity index (χ1) is 13.6. The van der Waals surface area contributed by atoms with E-state index in [-0.39, 0.29) is 23.8 Å². The van der Waals surface area contributed by atoms with Gasteiger partial charge in [0.15, 0.2) is 0 Å². The van der Waals surface area contributed by atoms with Crippen LogP contribution in [0.5, 0.6) is 11.5 Å². The second kappa shape index (κ2) is 7.03. The molecular formula is C22H21NO5. The zero-order chi connectivity index (χ0) is 19.8. The highest BCUT2D eigenvalue weighted by molar-refractivity contribution is 6.08. The minimum Gasteiger partial charge on any atom is -0.497 e. The van der Waals surface area contributed by atoms with Crippen LogP contribution in [-0.4, -0.2) is 30.9 Å². The lowest BCUT2D eigenvalue weighted by molar-refractivity contribution is 0.0524. The van der Waals surface area contributed by atoms with Crippen molar-refractivity contribution in [1.29, 1.82) is 0 Å². The van der Waals surface area contributed by atoms with E-state index < -0.39 is 5.97 Å². The molecule has 6 nitrogen and oxygen atoms in total. The molecule has 144 valence electrons. The number of para-hydroxylation sites is 1. The van der Waals surface area contributed by atoms with Crippen LogP contribution >= 0.6 is 0 Å². The third-order valence-electron chi connectivity index (χ3n) is 4.95. The largest absolute Gasteiger partial charge is 0.497 e. The molecule has 0 saturated carbocycles. The number of benzene rings is 2. The molecule has 1 unspecified atom stereocenters. The molecule has 3 aromatic rings. The van der Waals surface area contributed by atoms with Crippen molar-refractivity contribution in [3.8, 4) is 22.6 Å². The number of rotatable bonds is 4. The average Bonchev–Trinajstić information content (AvgIpc) is 2.71. The van der Waals surface area contributed by atoms with Crippen molar-refractivity contribution in [2.75, 3.05) is 20.3 Å². The van der Waals surface area contributed by atoms with Gasteiger partial charge in [0.05, 0.1) is 25.3 Å². The lowest BCUT2D eigenvalue weighted by Crippen LogP contribution is -2.35. The maximum atomic E-state index is 13.5. The van der Waals surface area contributed by atoms with Crippen molar-refractivity contribution < 1.29 is 19.0 Å². The van der Waals surface area contributed by atoms with Crippen LogP contribution in [0.15, 0.2) is 47.3 Å². The average molecular weight is 379 g/mol. The third kappa shape index (κ3) is 2.72. The molecule has 2 aromatic carbocycles. The normalized spacial score (nSPS) is 15.2. The summed E-state index contributed by atoms with van der Waals surface area (Å²) in [6, 6.07) is 12.7. The van der Waals surface area contributed by atoms with Crippen molar-refractivity contribution >= 4 is 16.9 Å². The van der Waals surface area contributed by atoms with Gasteiger partial charge in [0.2, 0.25) is 0 Å². The molecule has 0 aliphatic carbocycles. The van der Waals surface area contributed by atoms with Gasteiger partial charge in [0.1, 0.15) is 23.7 Å². The number of aromatic nitrogens is 1. The lowest BCUT2D eigenvalue weighted by atomic mass is 9.94. The zero-order valence-electron chi connectivity index (χ0n) is 16.0. The van der Waals surface area contributed by atoms with Crippen LogP contribution in [0.2, 0.25) is 0 Å². The van der Waals surface area contributed by atoms with Crippen molar-refractivity contribution in [3.05, 3.63) is 58.4 Å². The summed E-state index contributed by atoms with van der Waals surface area (Å²) < 4.78 is 18.1. The molecule has 4 rings (SSSR count). The predicted octanol–water partition coefficient (Wildman–Crippen LogP) is 3.81. The Kier molecular flexibility index (Phi) is 4.55. The summed E-state index contributed by atoms with van der Waals surface area (Å²) in [5.74, 6) is 0.643. The summed E-state index contributed by atoms with van der Waals surface area (Å²) in [6.45, 7) is 4.18. The molecule has 1 atom stereocenters. The Balaban J connectivity index is 2.17. The van der Waals surface area contributed by atoms with Crippen LogP contribution in [0.3, 0.4) is 0 Å². The van der Waals surface area contributed by atoms with Crippen LogP contribution in [0.4, 0.5) is 0 Å². The SMILES string of the molecule is CCOC(=O)c1c(-c2cccc(OC)c2)c2cccc3c2n(c1=O)C(C)CO3. The van der Waals surface area contributed by atoms with Crippen LogP contribution in [-0.2, 0) is 4.74 Å². The van der Waals surface area contributed by atoms with E-state index in [9.17, 15) is 9.59 Å². The number of nitrogens with zero attached hydrogens (tertiary/aromatic N) is 1. The molecule has 1 aliphatic rings. The summed E-state index contributed by atoms with van der Waals surface area (Å²) in [7, 11) is 1.58. The van der Waals surface area contributed by atoms with E-state index in [1.807, 2.05) is 49.4 Å². The maximum Gasteiger partial charge on any atom is 0.344 e. The Hall–Kier alpha value is -3.28. The molecule has 0 spiro atoms. The van der Waals surface area contributed by atoms with E-state index in [2.05, 4.69) is 0 Å². The van der Waals surface area contributed by atoms with Gasteiger partial charge >= 0.3 is 5.97 Å². The Bertz CT molecular complexity index is 1130. The second-order valence-electron chi connectivity index (χ2n) is 6.69. The van der Waals surface area contributed by atoms with Crippen LogP contribution < -0.4 is 15.0 Å². The molecular weight excluding hydrogens is 358 g/mol. The predicted molar refractivity (Wildman–Crippen MR) is 106 cm³/mol. The number of ether oxygens (including phenoxy) is 3. The minimum atomic E-state index is -0.625. The quantitative estimate of drug-likeness (QED) is 0.645. The van der Waals surface area contributed by atoms with Gasteiger partial charge in [-0.15, -0.1) is 0 Å². The van der Waals surface area contributed by atoms with E-state index in [1.54, 1.807) is 18.6 Å². The molecule has 6 heteroatoms. The number of pyridine rings is 1.